The molecule has 5 heteroatoms. The summed E-state index contributed by atoms with van der Waals surface area (Å²) in [5.74, 6) is 0.785. The Morgan fingerprint density at radius 1 is 1.25 bits per heavy atom. The Morgan fingerprint density at radius 3 is 2.19 bits per heavy atom. The lowest BCUT2D eigenvalue weighted by atomic mass is 10.2. The maximum absolute atomic E-state index is 10.8. The number of ether oxygens (including phenoxy) is 2. The number of thioether (sulfide) groups is 2. The second kappa shape index (κ2) is 6.83. The first kappa shape index (κ1) is 13.4. The third-order valence-corrected chi connectivity index (χ3v) is 3.43. The van der Waals surface area contributed by atoms with Crippen LogP contribution < -0.4 is 4.74 Å². The van der Waals surface area contributed by atoms with E-state index in [-0.39, 0.29) is 6.79 Å². The van der Waals surface area contributed by atoms with Crippen LogP contribution in [0.25, 0.3) is 0 Å². The van der Waals surface area contributed by atoms with Crippen molar-refractivity contribution in [3.8, 4) is 5.75 Å². The minimum Gasteiger partial charge on any atom is -0.465 e. The molecule has 1 rings (SSSR count). The molecule has 3 nitrogen and oxygen atoms in total. The molecule has 0 amide bonds. The Labute approximate surface area is 104 Å². The lowest BCUT2D eigenvalue weighted by Crippen LogP contribution is -2.02. The van der Waals surface area contributed by atoms with Gasteiger partial charge in [-0.1, -0.05) is 0 Å². The van der Waals surface area contributed by atoms with E-state index < -0.39 is 0 Å². The molecule has 0 N–H and O–H groups in total. The van der Waals surface area contributed by atoms with Crippen molar-refractivity contribution in [2.75, 3.05) is 26.4 Å². The molecule has 88 valence electrons. The molecule has 0 radical (unpaired) electrons. The average Bonchev–Trinajstić information content (AvgIpc) is 2.35. The zero-order valence-electron chi connectivity index (χ0n) is 9.48. The number of hydrogen-bond donors (Lipinski definition) is 0. The van der Waals surface area contributed by atoms with E-state index in [1.807, 2.05) is 24.6 Å². The van der Waals surface area contributed by atoms with Gasteiger partial charge < -0.3 is 9.47 Å². The van der Waals surface area contributed by atoms with Crippen molar-refractivity contribution in [2.24, 2.45) is 0 Å². The Kier molecular flexibility index (Phi) is 5.73. The zero-order valence-corrected chi connectivity index (χ0v) is 11.1. The van der Waals surface area contributed by atoms with Gasteiger partial charge in [-0.2, -0.15) is 0 Å². The quantitative estimate of drug-likeness (QED) is 0.445. The largest absolute Gasteiger partial charge is 0.465 e. The van der Waals surface area contributed by atoms with Gasteiger partial charge >= 0.3 is 0 Å². The first-order valence-electron chi connectivity index (χ1n) is 4.59. The molecular formula is C11H14O3S2. The monoisotopic (exact) mass is 258 g/mol. The summed E-state index contributed by atoms with van der Waals surface area (Å²) in [5.41, 5.74) is 0.665. The molecule has 0 aromatic heterocycles. The molecule has 0 saturated heterocycles. The van der Waals surface area contributed by atoms with Crippen molar-refractivity contribution in [1.82, 2.24) is 0 Å². The van der Waals surface area contributed by atoms with Crippen LogP contribution in [0.4, 0.5) is 0 Å². The lowest BCUT2D eigenvalue weighted by molar-refractivity contribution is 0.0471. The van der Waals surface area contributed by atoms with Crippen LogP contribution >= 0.6 is 23.5 Å². The minimum atomic E-state index is 0.210. The molecule has 1 aromatic rings. The van der Waals surface area contributed by atoms with Crippen LogP contribution in [0.5, 0.6) is 5.75 Å². The highest BCUT2D eigenvalue weighted by molar-refractivity contribution is 7.99. The molecule has 0 fully saturated rings. The third-order valence-electron chi connectivity index (χ3n) is 1.94. The first-order valence-corrected chi connectivity index (χ1v) is 7.04. The molecule has 0 bridgehead atoms. The Bertz CT molecular complexity index is 341. The van der Waals surface area contributed by atoms with E-state index in [1.165, 1.54) is 0 Å². The van der Waals surface area contributed by atoms with Crippen molar-refractivity contribution >= 4 is 29.8 Å². The van der Waals surface area contributed by atoms with Crippen LogP contribution in [0, 0.1) is 0 Å². The predicted molar refractivity (Wildman–Crippen MR) is 67.9 cm³/mol. The smallest absolute Gasteiger partial charge is 0.188 e. The van der Waals surface area contributed by atoms with Gasteiger partial charge in [0.15, 0.2) is 6.79 Å². The van der Waals surface area contributed by atoms with E-state index >= 15 is 0 Å². The van der Waals surface area contributed by atoms with Gasteiger partial charge in [-0.15, -0.1) is 23.5 Å². The van der Waals surface area contributed by atoms with E-state index in [0.29, 0.717) is 5.56 Å². The van der Waals surface area contributed by atoms with E-state index in [4.69, 9.17) is 9.47 Å². The summed E-state index contributed by atoms with van der Waals surface area (Å²) >= 11 is 3.10. The van der Waals surface area contributed by atoms with E-state index in [0.717, 1.165) is 21.8 Å². The average molecular weight is 258 g/mol. The summed E-state index contributed by atoms with van der Waals surface area (Å²) in [6.07, 6.45) is 4.75. The highest BCUT2D eigenvalue weighted by atomic mass is 32.2. The SMILES string of the molecule is COCOc1c(SC)cc(C=O)cc1SC. The molecule has 16 heavy (non-hydrogen) atoms. The van der Waals surface area contributed by atoms with E-state index in [2.05, 4.69) is 0 Å². The normalized spacial score (nSPS) is 10.2. The predicted octanol–water partition coefficient (Wildman–Crippen LogP) is 2.93. The highest BCUT2D eigenvalue weighted by Gasteiger charge is 2.11. The summed E-state index contributed by atoms with van der Waals surface area (Å²) < 4.78 is 10.4. The number of carbonyl (C=O) groups excluding carboxylic acids is 1. The Hall–Kier alpha value is -0.650. The topological polar surface area (TPSA) is 35.5 Å². The van der Waals surface area contributed by atoms with Crippen LogP contribution in [0.2, 0.25) is 0 Å². The number of methoxy groups -OCH3 is 1. The number of rotatable bonds is 6. The standard InChI is InChI=1S/C11H14O3S2/c1-13-7-14-11-9(15-2)4-8(6-12)5-10(11)16-3/h4-6H,7H2,1-3H3. The Morgan fingerprint density at radius 2 is 1.81 bits per heavy atom. The minimum absolute atomic E-state index is 0.210. The second-order valence-electron chi connectivity index (χ2n) is 2.92. The van der Waals surface area contributed by atoms with Gasteiger partial charge in [0.2, 0.25) is 0 Å². The van der Waals surface area contributed by atoms with Gasteiger partial charge in [0.05, 0.1) is 9.79 Å². The van der Waals surface area contributed by atoms with Crippen LogP contribution in [0.1, 0.15) is 10.4 Å². The second-order valence-corrected chi connectivity index (χ2v) is 4.62. The van der Waals surface area contributed by atoms with Crippen molar-refractivity contribution in [2.45, 2.75) is 9.79 Å². The van der Waals surface area contributed by atoms with Gasteiger partial charge in [-0.05, 0) is 24.6 Å². The fourth-order valence-corrected chi connectivity index (χ4v) is 2.51. The lowest BCUT2D eigenvalue weighted by Gasteiger charge is -2.13. The van der Waals surface area contributed by atoms with E-state index in [1.54, 1.807) is 30.6 Å². The maximum atomic E-state index is 10.8. The summed E-state index contributed by atoms with van der Waals surface area (Å²) in [7, 11) is 1.58. The van der Waals surface area contributed by atoms with Crippen LogP contribution in [-0.2, 0) is 4.74 Å². The zero-order chi connectivity index (χ0) is 12.0. The van der Waals surface area contributed by atoms with E-state index in [9.17, 15) is 4.79 Å². The molecule has 0 atom stereocenters. The fraction of sp³-hybridized carbons (Fsp3) is 0.364. The number of carbonyl (C=O) groups is 1. The number of aldehydes is 1. The van der Waals surface area contributed by atoms with Crippen molar-refractivity contribution in [1.29, 1.82) is 0 Å². The van der Waals surface area contributed by atoms with Gasteiger partial charge in [0.1, 0.15) is 12.0 Å². The molecule has 1 aromatic carbocycles. The van der Waals surface area contributed by atoms with Crippen molar-refractivity contribution in [3.05, 3.63) is 17.7 Å². The van der Waals surface area contributed by atoms with Crippen LogP contribution in [0.3, 0.4) is 0 Å². The highest BCUT2D eigenvalue weighted by Crippen LogP contribution is 2.37. The maximum Gasteiger partial charge on any atom is 0.188 e. The molecule has 0 heterocycles. The molecule has 0 aliphatic rings. The van der Waals surface area contributed by atoms with Gasteiger partial charge in [-0.3, -0.25) is 4.79 Å². The molecular weight excluding hydrogens is 244 g/mol. The summed E-state index contributed by atoms with van der Waals surface area (Å²) in [5, 5.41) is 0. The van der Waals surface area contributed by atoms with Crippen molar-refractivity contribution in [3.63, 3.8) is 0 Å². The Balaban J connectivity index is 3.14. The van der Waals surface area contributed by atoms with Gasteiger partial charge in [0, 0.05) is 12.7 Å². The third kappa shape index (κ3) is 3.17. The van der Waals surface area contributed by atoms with Crippen LogP contribution in [0.15, 0.2) is 21.9 Å². The molecule has 0 unspecified atom stereocenters. The van der Waals surface area contributed by atoms with Crippen molar-refractivity contribution < 1.29 is 14.3 Å². The van der Waals surface area contributed by atoms with Crippen LogP contribution in [-0.4, -0.2) is 32.7 Å². The summed E-state index contributed by atoms with van der Waals surface area (Å²) in [4.78, 5) is 12.7. The molecule has 0 aliphatic carbocycles. The fourth-order valence-electron chi connectivity index (χ4n) is 1.23. The molecule has 0 saturated carbocycles. The summed E-state index contributed by atoms with van der Waals surface area (Å²) in [6, 6.07) is 3.64. The summed E-state index contributed by atoms with van der Waals surface area (Å²) in [6.45, 7) is 0.210. The molecule has 0 aliphatic heterocycles. The number of hydrogen-bond acceptors (Lipinski definition) is 5. The van der Waals surface area contributed by atoms with Gasteiger partial charge in [-0.25, -0.2) is 0 Å². The molecule has 0 spiro atoms. The van der Waals surface area contributed by atoms with Gasteiger partial charge in [0.25, 0.3) is 0 Å². The number of benzene rings is 1. The first-order chi connectivity index (χ1) is 7.76.